The van der Waals surface area contributed by atoms with Gasteiger partial charge in [-0.3, -0.25) is 4.79 Å². The molecule has 0 saturated carbocycles. The molecule has 0 aliphatic carbocycles. The van der Waals surface area contributed by atoms with Gasteiger partial charge in [0, 0.05) is 31.3 Å². The molecule has 1 amide bonds. The van der Waals surface area contributed by atoms with Gasteiger partial charge in [-0.05, 0) is 48.4 Å². The molecule has 0 spiro atoms. The number of anilines is 1. The molecule has 2 heterocycles. The van der Waals surface area contributed by atoms with E-state index < -0.39 is 10.0 Å². The largest absolute Gasteiger partial charge is 0.379 e. The Morgan fingerprint density at radius 1 is 1.18 bits per heavy atom. The number of hydrogen-bond donors (Lipinski definition) is 2. The number of imidazole rings is 1. The number of ether oxygens (including phenoxy) is 1. The number of aromatic nitrogens is 2. The van der Waals surface area contributed by atoms with Gasteiger partial charge in [0.15, 0.2) is 0 Å². The van der Waals surface area contributed by atoms with Gasteiger partial charge in [0.25, 0.3) is 0 Å². The zero-order valence-electron chi connectivity index (χ0n) is 18.6. The van der Waals surface area contributed by atoms with E-state index in [4.69, 9.17) is 4.74 Å². The maximum absolute atomic E-state index is 12.7. The first-order valence-electron chi connectivity index (χ1n) is 11.1. The molecule has 3 aromatic rings. The van der Waals surface area contributed by atoms with Gasteiger partial charge in [0.05, 0.1) is 29.1 Å². The van der Waals surface area contributed by atoms with Crippen LogP contribution in [0.5, 0.6) is 0 Å². The normalized spacial score (nSPS) is 15.3. The second kappa shape index (κ2) is 10.3. The van der Waals surface area contributed by atoms with Crippen molar-refractivity contribution in [2.45, 2.75) is 31.1 Å². The SMILES string of the molecule is CCCCc1nc2ccc(NC(=O)/C=C/c3ccc(S(=O)(=O)N4CCOCC4)cc3)cc2[nH]1. The van der Waals surface area contributed by atoms with Crippen LogP contribution in [0.4, 0.5) is 5.69 Å². The number of fused-ring (bicyclic) bond motifs is 1. The molecule has 4 rings (SSSR count). The van der Waals surface area contributed by atoms with Crippen LogP contribution in [0.25, 0.3) is 17.1 Å². The summed E-state index contributed by atoms with van der Waals surface area (Å²) in [6, 6.07) is 12.1. The average molecular weight is 469 g/mol. The Morgan fingerprint density at radius 3 is 2.67 bits per heavy atom. The highest BCUT2D eigenvalue weighted by molar-refractivity contribution is 7.89. The highest BCUT2D eigenvalue weighted by Gasteiger charge is 2.25. The molecule has 8 nitrogen and oxygen atoms in total. The Balaban J connectivity index is 1.38. The quantitative estimate of drug-likeness (QED) is 0.492. The van der Waals surface area contributed by atoms with E-state index in [0.717, 1.165) is 41.7 Å². The minimum absolute atomic E-state index is 0.233. The number of nitrogens with one attached hydrogen (secondary N) is 2. The zero-order valence-corrected chi connectivity index (χ0v) is 19.4. The van der Waals surface area contributed by atoms with Gasteiger partial charge in [-0.1, -0.05) is 25.5 Å². The molecule has 1 fully saturated rings. The van der Waals surface area contributed by atoms with Crippen LogP contribution < -0.4 is 5.32 Å². The summed E-state index contributed by atoms with van der Waals surface area (Å²) < 4.78 is 32.0. The van der Waals surface area contributed by atoms with E-state index in [1.165, 1.54) is 10.4 Å². The lowest BCUT2D eigenvalue weighted by Crippen LogP contribution is -2.40. The number of benzene rings is 2. The molecular weight excluding hydrogens is 440 g/mol. The van der Waals surface area contributed by atoms with E-state index in [-0.39, 0.29) is 10.8 Å². The van der Waals surface area contributed by atoms with E-state index in [1.54, 1.807) is 30.3 Å². The van der Waals surface area contributed by atoms with Gasteiger partial charge in [0.2, 0.25) is 15.9 Å². The highest BCUT2D eigenvalue weighted by Crippen LogP contribution is 2.20. The van der Waals surface area contributed by atoms with Gasteiger partial charge < -0.3 is 15.0 Å². The van der Waals surface area contributed by atoms with E-state index in [9.17, 15) is 13.2 Å². The van der Waals surface area contributed by atoms with Crippen LogP contribution in [0, 0.1) is 0 Å². The van der Waals surface area contributed by atoms with E-state index in [0.29, 0.717) is 32.0 Å². The summed E-state index contributed by atoms with van der Waals surface area (Å²) >= 11 is 0. The van der Waals surface area contributed by atoms with Gasteiger partial charge in [-0.15, -0.1) is 0 Å². The summed E-state index contributed by atoms with van der Waals surface area (Å²) in [4.78, 5) is 20.5. The van der Waals surface area contributed by atoms with Gasteiger partial charge >= 0.3 is 0 Å². The van der Waals surface area contributed by atoms with Crippen molar-refractivity contribution in [1.82, 2.24) is 14.3 Å². The third kappa shape index (κ3) is 5.68. The molecule has 9 heteroatoms. The molecule has 174 valence electrons. The summed E-state index contributed by atoms with van der Waals surface area (Å²) in [5, 5.41) is 2.85. The predicted octanol–water partition coefficient (Wildman–Crippen LogP) is 3.58. The first-order valence-corrected chi connectivity index (χ1v) is 12.6. The number of aryl methyl sites for hydroxylation is 1. The minimum atomic E-state index is -3.53. The summed E-state index contributed by atoms with van der Waals surface area (Å²) in [6.07, 6.45) is 6.17. The summed E-state index contributed by atoms with van der Waals surface area (Å²) in [5.74, 6) is 0.680. The molecule has 33 heavy (non-hydrogen) atoms. The second-order valence-electron chi connectivity index (χ2n) is 7.93. The van der Waals surface area contributed by atoms with Crippen LogP contribution in [-0.4, -0.2) is 54.9 Å². The number of hydrogen-bond acceptors (Lipinski definition) is 5. The Bertz CT molecular complexity index is 1240. The number of unbranched alkanes of at least 4 members (excludes halogenated alkanes) is 1. The van der Waals surface area contributed by atoms with Crippen LogP contribution in [0.15, 0.2) is 53.4 Å². The maximum Gasteiger partial charge on any atom is 0.248 e. The lowest BCUT2D eigenvalue weighted by Gasteiger charge is -2.26. The number of morpholine rings is 1. The molecule has 0 unspecified atom stereocenters. The number of sulfonamides is 1. The minimum Gasteiger partial charge on any atom is -0.379 e. The Morgan fingerprint density at radius 2 is 1.94 bits per heavy atom. The molecule has 0 radical (unpaired) electrons. The van der Waals surface area contributed by atoms with Gasteiger partial charge in [-0.2, -0.15) is 4.31 Å². The molecule has 2 N–H and O–H groups in total. The van der Waals surface area contributed by atoms with Gasteiger partial charge in [0.1, 0.15) is 5.82 Å². The van der Waals surface area contributed by atoms with Crippen molar-refractivity contribution in [2.24, 2.45) is 0 Å². The fraction of sp³-hybridized carbons (Fsp3) is 0.333. The lowest BCUT2D eigenvalue weighted by molar-refractivity contribution is -0.111. The number of aromatic amines is 1. The monoisotopic (exact) mass is 468 g/mol. The Labute approximate surface area is 193 Å². The van der Waals surface area contributed by atoms with Gasteiger partial charge in [-0.25, -0.2) is 13.4 Å². The smallest absolute Gasteiger partial charge is 0.248 e. The highest BCUT2D eigenvalue weighted by atomic mass is 32.2. The van der Waals surface area contributed by atoms with Crippen LogP contribution in [0.1, 0.15) is 31.2 Å². The van der Waals surface area contributed by atoms with Crippen molar-refractivity contribution >= 4 is 38.7 Å². The second-order valence-corrected chi connectivity index (χ2v) is 9.86. The van der Waals surface area contributed by atoms with E-state index in [1.807, 2.05) is 18.2 Å². The van der Waals surface area contributed by atoms with Crippen LogP contribution in [-0.2, 0) is 26.0 Å². The first-order chi connectivity index (χ1) is 16.0. The molecule has 2 aromatic carbocycles. The van der Waals surface area contributed by atoms with Crippen molar-refractivity contribution in [3.63, 3.8) is 0 Å². The predicted molar refractivity (Wildman–Crippen MR) is 128 cm³/mol. The topological polar surface area (TPSA) is 104 Å². The van der Waals surface area contributed by atoms with Crippen molar-refractivity contribution in [2.75, 3.05) is 31.6 Å². The standard InChI is InChI=1S/C24H28N4O4S/c1-2-3-4-23-26-21-11-8-19(17-22(21)27-23)25-24(29)12-7-18-5-9-20(10-6-18)33(30,31)28-13-15-32-16-14-28/h5-12,17H,2-4,13-16H2,1H3,(H,25,29)(H,26,27)/b12-7+. The molecule has 1 aliphatic heterocycles. The Kier molecular flexibility index (Phi) is 7.22. The maximum atomic E-state index is 12.7. The fourth-order valence-corrected chi connectivity index (χ4v) is 5.05. The Hall–Kier alpha value is -3.01. The summed E-state index contributed by atoms with van der Waals surface area (Å²) in [5.41, 5.74) is 3.17. The third-order valence-corrected chi connectivity index (χ3v) is 7.39. The van der Waals surface area contributed by atoms with Crippen molar-refractivity contribution in [3.05, 3.63) is 59.9 Å². The zero-order chi connectivity index (χ0) is 23.3. The third-order valence-electron chi connectivity index (χ3n) is 5.48. The molecular formula is C24H28N4O4S. The number of rotatable bonds is 8. The number of H-pyrrole nitrogens is 1. The van der Waals surface area contributed by atoms with E-state index >= 15 is 0 Å². The number of carbonyl (C=O) groups is 1. The average Bonchev–Trinajstić information content (AvgIpc) is 3.24. The van der Waals surface area contributed by atoms with Crippen LogP contribution in [0.3, 0.4) is 0 Å². The molecule has 1 aromatic heterocycles. The van der Waals surface area contributed by atoms with E-state index in [2.05, 4.69) is 22.2 Å². The van der Waals surface area contributed by atoms with Crippen molar-refractivity contribution in [1.29, 1.82) is 0 Å². The molecule has 1 saturated heterocycles. The summed E-state index contributed by atoms with van der Waals surface area (Å²) in [7, 11) is -3.53. The summed E-state index contributed by atoms with van der Waals surface area (Å²) in [6.45, 7) is 3.67. The molecule has 0 bridgehead atoms. The van der Waals surface area contributed by atoms with Crippen molar-refractivity contribution < 1.29 is 17.9 Å². The van der Waals surface area contributed by atoms with Crippen molar-refractivity contribution in [3.8, 4) is 0 Å². The number of nitrogens with zero attached hydrogens (tertiary/aromatic N) is 2. The molecule has 0 atom stereocenters. The lowest BCUT2D eigenvalue weighted by atomic mass is 10.2. The fourth-order valence-electron chi connectivity index (χ4n) is 3.65. The van der Waals surface area contributed by atoms with Crippen LogP contribution in [0.2, 0.25) is 0 Å². The number of amides is 1. The first kappa shape index (κ1) is 23.2. The number of carbonyl (C=O) groups excluding carboxylic acids is 1. The van der Waals surface area contributed by atoms with Crippen LogP contribution >= 0.6 is 0 Å². The molecule has 1 aliphatic rings.